The minimum absolute atomic E-state index is 0.325. The molecule has 0 unspecified atom stereocenters. The van der Waals surface area contributed by atoms with Crippen LogP contribution in [0.1, 0.15) is 18.1 Å². The number of carbonyl (C=O) groups is 2. The molecule has 1 amide bonds. The Hall–Kier alpha value is -3.79. The zero-order valence-corrected chi connectivity index (χ0v) is 15.6. The number of hydrogen-bond donors (Lipinski definition) is 1. The lowest BCUT2D eigenvalue weighted by molar-refractivity contribution is -0.142. The second kappa shape index (κ2) is 10.4. The molecule has 0 aliphatic carbocycles. The molecule has 2 aromatic rings. The molecule has 0 radical (unpaired) electrons. The summed E-state index contributed by atoms with van der Waals surface area (Å²) >= 11 is 0. The van der Waals surface area contributed by atoms with Crippen molar-refractivity contribution in [3.8, 4) is 17.6 Å². The molecule has 2 aromatic carbocycles. The molecule has 144 valence electrons. The molecule has 0 heterocycles. The van der Waals surface area contributed by atoms with Crippen LogP contribution in [0.25, 0.3) is 6.08 Å². The lowest BCUT2D eigenvalue weighted by Crippen LogP contribution is -2.20. The number of nitrogens with one attached hydrogen (secondary N) is 1. The average molecular weight is 380 g/mol. The standard InChI is InChI=1S/C21H20N2O5/c1-3-27-18-10-8-15(12-19(18)26-2)9-11-21(25)28-14-20(24)23-17-7-5-4-6-16(17)13-22/h4-12H,3,14H2,1-2H3,(H,23,24)/b11-9+. The smallest absolute Gasteiger partial charge is 0.331 e. The van der Waals surface area contributed by atoms with Gasteiger partial charge < -0.3 is 19.5 Å². The third-order valence-corrected chi connectivity index (χ3v) is 3.57. The topological polar surface area (TPSA) is 97.6 Å². The van der Waals surface area contributed by atoms with Crippen molar-refractivity contribution in [1.29, 1.82) is 5.26 Å². The summed E-state index contributed by atoms with van der Waals surface area (Å²) in [4.78, 5) is 23.7. The first-order valence-corrected chi connectivity index (χ1v) is 8.52. The summed E-state index contributed by atoms with van der Waals surface area (Å²) in [6.45, 7) is 1.92. The van der Waals surface area contributed by atoms with E-state index in [-0.39, 0.29) is 0 Å². The number of para-hydroxylation sites is 1. The molecule has 28 heavy (non-hydrogen) atoms. The molecule has 7 heteroatoms. The Morgan fingerprint density at radius 2 is 1.96 bits per heavy atom. The highest BCUT2D eigenvalue weighted by Gasteiger charge is 2.09. The van der Waals surface area contributed by atoms with Crippen molar-refractivity contribution in [3.63, 3.8) is 0 Å². The third-order valence-electron chi connectivity index (χ3n) is 3.57. The molecule has 2 rings (SSSR count). The average Bonchev–Trinajstić information content (AvgIpc) is 2.72. The van der Waals surface area contributed by atoms with Crippen LogP contribution in [-0.4, -0.2) is 32.2 Å². The van der Waals surface area contributed by atoms with Crippen molar-refractivity contribution in [3.05, 3.63) is 59.7 Å². The largest absolute Gasteiger partial charge is 0.493 e. The molecular weight excluding hydrogens is 360 g/mol. The number of hydrogen-bond acceptors (Lipinski definition) is 6. The van der Waals surface area contributed by atoms with Gasteiger partial charge in [-0.1, -0.05) is 18.2 Å². The molecule has 0 aliphatic heterocycles. The van der Waals surface area contributed by atoms with E-state index in [1.165, 1.54) is 13.2 Å². The van der Waals surface area contributed by atoms with Crippen molar-refractivity contribution < 1.29 is 23.8 Å². The third kappa shape index (κ3) is 5.88. The minimum atomic E-state index is -0.670. The van der Waals surface area contributed by atoms with Gasteiger partial charge in [-0.25, -0.2) is 4.79 Å². The van der Waals surface area contributed by atoms with E-state index in [9.17, 15) is 9.59 Å². The fourth-order valence-electron chi connectivity index (χ4n) is 2.29. The van der Waals surface area contributed by atoms with Crippen LogP contribution >= 0.6 is 0 Å². The molecule has 0 saturated carbocycles. The second-order valence-corrected chi connectivity index (χ2v) is 5.49. The number of amides is 1. The lowest BCUT2D eigenvalue weighted by Gasteiger charge is -2.09. The van der Waals surface area contributed by atoms with Crippen molar-refractivity contribution in [2.45, 2.75) is 6.92 Å². The Balaban J connectivity index is 1.90. The Labute approximate surface area is 163 Å². The van der Waals surface area contributed by atoms with E-state index in [1.54, 1.807) is 48.5 Å². The Morgan fingerprint density at radius 3 is 2.68 bits per heavy atom. The summed E-state index contributed by atoms with van der Waals surface area (Å²) in [6, 6.07) is 13.8. The number of anilines is 1. The maximum absolute atomic E-state index is 11.9. The fraction of sp³-hybridized carbons (Fsp3) is 0.190. The zero-order valence-electron chi connectivity index (χ0n) is 15.6. The quantitative estimate of drug-likeness (QED) is 0.558. The van der Waals surface area contributed by atoms with Crippen LogP contribution in [-0.2, 0) is 14.3 Å². The van der Waals surface area contributed by atoms with Gasteiger partial charge in [0.1, 0.15) is 6.07 Å². The molecule has 1 N–H and O–H groups in total. The summed E-state index contributed by atoms with van der Waals surface area (Å²) in [6.07, 6.45) is 2.76. The van der Waals surface area contributed by atoms with Crippen LogP contribution in [0.4, 0.5) is 5.69 Å². The number of nitrogens with zero attached hydrogens (tertiary/aromatic N) is 1. The summed E-state index contributed by atoms with van der Waals surface area (Å²) < 4.78 is 15.6. The number of esters is 1. The molecule has 0 aliphatic rings. The van der Waals surface area contributed by atoms with E-state index in [4.69, 9.17) is 19.5 Å². The zero-order chi connectivity index (χ0) is 20.4. The van der Waals surface area contributed by atoms with Crippen molar-refractivity contribution in [2.75, 3.05) is 25.6 Å². The lowest BCUT2D eigenvalue weighted by atomic mass is 10.2. The van der Waals surface area contributed by atoms with E-state index in [2.05, 4.69) is 5.32 Å². The van der Waals surface area contributed by atoms with E-state index in [1.807, 2.05) is 13.0 Å². The van der Waals surface area contributed by atoms with Crippen molar-refractivity contribution in [2.24, 2.45) is 0 Å². The summed E-state index contributed by atoms with van der Waals surface area (Å²) in [7, 11) is 1.53. The summed E-state index contributed by atoms with van der Waals surface area (Å²) in [5, 5.41) is 11.5. The van der Waals surface area contributed by atoms with Crippen LogP contribution < -0.4 is 14.8 Å². The Kier molecular flexibility index (Phi) is 7.61. The normalized spacial score (nSPS) is 10.2. The van der Waals surface area contributed by atoms with Gasteiger partial charge in [0.05, 0.1) is 25.0 Å². The number of nitriles is 1. The maximum Gasteiger partial charge on any atom is 0.331 e. The Bertz CT molecular complexity index is 915. The molecule has 0 fully saturated rings. The van der Waals surface area contributed by atoms with Crippen LogP contribution in [0.15, 0.2) is 48.5 Å². The first-order valence-electron chi connectivity index (χ1n) is 8.52. The van der Waals surface area contributed by atoms with E-state index >= 15 is 0 Å². The number of rotatable bonds is 8. The maximum atomic E-state index is 11.9. The summed E-state index contributed by atoms with van der Waals surface area (Å²) in [5.41, 5.74) is 1.40. The minimum Gasteiger partial charge on any atom is -0.493 e. The van der Waals surface area contributed by atoms with Crippen molar-refractivity contribution >= 4 is 23.6 Å². The highest BCUT2D eigenvalue weighted by Crippen LogP contribution is 2.28. The van der Waals surface area contributed by atoms with E-state index in [0.717, 1.165) is 0 Å². The van der Waals surface area contributed by atoms with Gasteiger partial charge in [0, 0.05) is 6.08 Å². The molecule has 0 bridgehead atoms. The Morgan fingerprint density at radius 1 is 1.18 bits per heavy atom. The number of benzene rings is 2. The molecule has 0 spiro atoms. The highest BCUT2D eigenvalue weighted by molar-refractivity contribution is 5.95. The number of ether oxygens (including phenoxy) is 3. The van der Waals surface area contributed by atoms with Gasteiger partial charge in [0.2, 0.25) is 0 Å². The van der Waals surface area contributed by atoms with Gasteiger partial charge in [-0.3, -0.25) is 4.79 Å². The molecule has 0 atom stereocenters. The molecule has 0 aromatic heterocycles. The van der Waals surface area contributed by atoms with E-state index in [0.29, 0.717) is 34.9 Å². The van der Waals surface area contributed by atoms with Gasteiger partial charge in [-0.05, 0) is 42.8 Å². The number of methoxy groups -OCH3 is 1. The first-order chi connectivity index (χ1) is 13.6. The SMILES string of the molecule is CCOc1ccc(/C=C/C(=O)OCC(=O)Nc2ccccc2C#N)cc1OC. The predicted molar refractivity (Wildman–Crippen MR) is 104 cm³/mol. The monoisotopic (exact) mass is 380 g/mol. The summed E-state index contributed by atoms with van der Waals surface area (Å²) in [5.74, 6) is -0.0456. The van der Waals surface area contributed by atoms with Gasteiger partial charge in [-0.2, -0.15) is 5.26 Å². The van der Waals surface area contributed by atoms with E-state index < -0.39 is 18.5 Å². The molecule has 0 saturated heterocycles. The fourth-order valence-corrected chi connectivity index (χ4v) is 2.29. The first kappa shape index (κ1) is 20.5. The molecular formula is C21H20N2O5. The van der Waals surface area contributed by atoms with Crippen LogP contribution in [0.2, 0.25) is 0 Å². The van der Waals surface area contributed by atoms with Crippen LogP contribution in [0, 0.1) is 11.3 Å². The highest BCUT2D eigenvalue weighted by atomic mass is 16.5. The van der Waals surface area contributed by atoms with Gasteiger partial charge in [-0.15, -0.1) is 0 Å². The second-order valence-electron chi connectivity index (χ2n) is 5.49. The molecule has 7 nitrogen and oxygen atoms in total. The van der Waals surface area contributed by atoms with Crippen molar-refractivity contribution in [1.82, 2.24) is 0 Å². The van der Waals surface area contributed by atoms with Gasteiger partial charge in [0.25, 0.3) is 5.91 Å². The van der Waals surface area contributed by atoms with Gasteiger partial charge >= 0.3 is 5.97 Å². The predicted octanol–water partition coefficient (Wildman–Crippen LogP) is 3.16. The van der Waals surface area contributed by atoms with Crippen LogP contribution in [0.3, 0.4) is 0 Å². The number of carbonyl (C=O) groups excluding carboxylic acids is 2. The van der Waals surface area contributed by atoms with Gasteiger partial charge in [0.15, 0.2) is 18.1 Å². The van der Waals surface area contributed by atoms with Crippen LogP contribution in [0.5, 0.6) is 11.5 Å².